The van der Waals surface area contributed by atoms with E-state index in [0.29, 0.717) is 5.95 Å². The van der Waals surface area contributed by atoms with E-state index in [9.17, 15) is 0 Å². The van der Waals surface area contributed by atoms with Gasteiger partial charge in [0, 0.05) is 45.1 Å². The van der Waals surface area contributed by atoms with Crippen LogP contribution in [0.25, 0.3) is 88.9 Å². The normalized spacial score (nSPS) is 12.9. The minimum absolute atomic E-state index is 0.641. The molecule has 4 aromatic heterocycles. The number of fused-ring (bicyclic) bond motifs is 9. The molecule has 0 aliphatic carbocycles. The molecule has 0 fully saturated rings. The number of aromatic nitrogens is 5. The fourth-order valence-electron chi connectivity index (χ4n) is 10.4. The average Bonchev–Trinajstić information content (AvgIpc) is 3.98. The summed E-state index contributed by atoms with van der Waals surface area (Å²) < 4.78 is 4.53. The van der Waals surface area contributed by atoms with Crippen LogP contribution in [0.2, 0.25) is 0 Å². The lowest BCUT2D eigenvalue weighted by Crippen LogP contribution is -2.72. The van der Waals surface area contributed by atoms with Gasteiger partial charge in [-0.15, -0.1) is 0 Å². The highest BCUT2D eigenvalue weighted by Crippen LogP contribution is 2.40. The Bertz CT molecular complexity index is 3690. The summed E-state index contributed by atoms with van der Waals surface area (Å²) in [5.41, 5.74) is 11.0. The molecular weight excluding hydrogens is 783 g/mol. The molecule has 1 aliphatic heterocycles. The van der Waals surface area contributed by atoms with Crippen LogP contribution >= 0.6 is 0 Å². The maximum Gasteiger partial charge on any atom is 0.234 e. The minimum atomic E-state index is -2.58. The topological polar surface area (TPSA) is 48.5 Å². The van der Waals surface area contributed by atoms with Crippen molar-refractivity contribution >= 4 is 72.4 Å². The molecular formula is C57H37N5Si. The van der Waals surface area contributed by atoms with Gasteiger partial charge in [-0.2, -0.15) is 0 Å². The van der Waals surface area contributed by atoms with Gasteiger partial charge in [0.1, 0.15) is 5.82 Å². The van der Waals surface area contributed by atoms with Crippen molar-refractivity contribution in [1.29, 1.82) is 0 Å². The quantitative estimate of drug-likeness (QED) is 0.157. The first kappa shape index (κ1) is 35.6. The van der Waals surface area contributed by atoms with E-state index in [4.69, 9.17) is 15.0 Å². The summed E-state index contributed by atoms with van der Waals surface area (Å²) in [6.45, 7) is 0. The molecule has 0 unspecified atom stereocenters. The Morgan fingerprint density at radius 1 is 0.349 bits per heavy atom. The molecule has 5 heterocycles. The predicted molar refractivity (Wildman–Crippen MR) is 262 cm³/mol. The standard InChI is InChI=1S/C57H37N5Si/c1-4-17-38(18-5-1)40-36-58-57(59-37-40)62-51-28-14-11-24-44(51)47-34-52-46(35-53(47)62)43-23-10-13-27-50(43)61(52)56-30-16-26-49(60-56)39-31-32-55-48(33-39)45-25-12-15-29-54(45)63(55,41-19-6-2-7-20-41)42-21-8-3-9-22-42/h1-37H. The third-order valence-electron chi connectivity index (χ3n) is 13.1. The van der Waals surface area contributed by atoms with E-state index in [1.165, 1.54) is 31.9 Å². The maximum absolute atomic E-state index is 5.50. The number of nitrogens with zero attached hydrogens (tertiary/aromatic N) is 5. The first-order chi connectivity index (χ1) is 31.3. The summed E-state index contributed by atoms with van der Waals surface area (Å²) in [7, 11) is -2.58. The van der Waals surface area contributed by atoms with Crippen LogP contribution < -0.4 is 20.7 Å². The second kappa shape index (κ2) is 13.9. The Kier molecular flexibility index (Phi) is 7.86. The van der Waals surface area contributed by atoms with Crippen LogP contribution in [-0.4, -0.2) is 32.2 Å². The Morgan fingerprint density at radius 3 is 1.59 bits per heavy atom. The summed E-state index contributed by atoms with van der Waals surface area (Å²) in [5, 5.41) is 10.2. The van der Waals surface area contributed by atoms with Gasteiger partial charge >= 0.3 is 0 Å². The number of rotatable bonds is 6. The van der Waals surface area contributed by atoms with Gasteiger partial charge in [0.15, 0.2) is 8.07 Å². The lowest BCUT2D eigenvalue weighted by Gasteiger charge is -2.31. The maximum atomic E-state index is 5.50. The van der Waals surface area contributed by atoms with Crippen molar-refractivity contribution in [3.05, 3.63) is 225 Å². The van der Waals surface area contributed by atoms with Crippen molar-refractivity contribution in [2.45, 2.75) is 0 Å². The molecule has 5 nitrogen and oxygen atoms in total. The van der Waals surface area contributed by atoms with E-state index in [-0.39, 0.29) is 0 Å². The predicted octanol–water partition coefficient (Wildman–Crippen LogP) is 10.8. The number of benzene rings is 8. The molecule has 8 aromatic carbocycles. The monoisotopic (exact) mass is 819 g/mol. The third kappa shape index (κ3) is 5.25. The summed E-state index contributed by atoms with van der Waals surface area (Å²) >= 11 is 0. The van der Waals surface area contributed by atoms with Crippen molar-refractivity contribution in [2.75, 3.05) is 0 Å². The first-order valence-corrected chi connectivity index (χ1v) is 23.4. The third-order valence-corrected chi connectivity index (χ3v) is 18.0. The van der Waals surface area contributed by atoms with E-state index in [1.807, 2.05) is 30.6 Å². The number of hydrogen-bond acceptors (Lipinski definition) is 3. The molecule has 12 aromatic rings. The molecule has 13 rings (SSSR count). The summed E-state index contributed by atoms with van der Waals surface area (Å²) in [6, 6.07) is 77.1. The molecule has 6 heteroatoms. The van der Waals surface area contributed by atoms with Gasteiger partial charge in [-0.3, -0.25) is 9.13 Å². The minimum Gasteiger partial charge on any atom is -0.294 e. The van der Waals surface area contributed by atoms with Crippen LogP contribution in [0.4, 0.5) is 0 Å². The first-order valence-electron chi connectivity index (χ1n) is 21.4. The summed E-state index contributed by atoms with van der Waals surface area (Å²) in [4.78, 5) is 15.4. The van der Waals surface area contributed by atoms with E-state index < -0.39 is 8.07 Å². The second-order valence-electron chi connectivity index (χ2n) is 16.4. The Hall–Kier alpha value is -8.19. The molecule has 0 amide bonds. The van der Waals surface area contributed by atoms with Crippen molar-refractivity contribution in [3.63, 3.8) is 0 Å². The number of hydrogen-bond donors (Lipinski definition) is 0. The Morgan fingerprint density at radius 2 is 0.905 bits per heavy atom. The van der Waals surface area contributed by atoms with Crippen LogP contribution in [0.5, 0.6) is 0 Å². The van der Waals surface area contributed by atoms with E-state index >= 15 is 0 Å². The van der Waals surface area contributed by atoms with Crippen molar-refractivity contribution < 1.29 is 0 Å². The van der Waals surface area contributed by atoms with Gasteiger partial charge in [-0.25, -0.2) is 15.0 Å². The molecule has 0 spiro atoms. The van der Waals surface area contributed by atoms with Gasteiger partial charge in [0.05, 0.1) is 27.8 Å². The van der Waals surface area contributed by atoms with Crippen molar-refractivity contribution in [1.82, 2.24) is 24.1 Å². The van der Waals surface area contributed by atoms with Gasteiger partial charge in [0.2, 0.25) is 5.95 Å². The molecule has 1 aliphatic rings. The number of para-hydroxylation sites is 2. The highest BCUT2D eigenvalue weighted by Gasteiger charge is 2.48. The zero-order chi connectivity index (χ0) is 41.5. The zero-order valence-electron chi connectivity index (χ0n) is 34.1. The summed E-state index contributed by atoms with van der Waals surface area (Å²) in [5.74, 6) is 1.52. The Labute approximate surface area is 364 Å². The van der Waals surface area contributed by atoms with E-state index in [1.54, 1.807) is 0 Å². The highest BCUT2D eigenvalue weighted by molar-refractivity contribution is 7.22. The molecule has 294 valence electrons. The van der Waals surface area contributed by atoms with Crippen LogP contribution in [0.1, 0.15) is 0 Å². The van der Waals surface area contributed by atoms with E-state index in [2.05, 4.69) is 203 Å². The smallest absolute Gasteiger partial charge is 0.234 e. The largest absolute Gasteiger partial charge is 0.294 e. The van der Waals surface area contributed by atoms with Gasteiger partial charge < -0.3 is 0 Å². The number of pyridine rings is 1. The SMILES string of the molecule is c1ccc(-c2cnc(-n3c4ccccc4c4cc5c(cc43)c3ccccc3n5-c3cccc(-c4ccc5c(c4)-c4ccccc4[Si]5(c4ccccc4)c4ccccc4)n3)nc2)cc1. The average molecular weight is 820 g/mol. The molecule has 63 heavy (non-hydrogen) atoms. The molecule has 0 N–H and O–H groups in total. The lowest BCUT2D eigenvalue weighted by molar-refractivity contribution is 0.990. The molecule has 0 saturated heterocycles. The van der Waals surface area contributed by atoms with Gasteiger partial charge in [0.25, 0.3) is 0 Å². The molecule has 0 radical (unpaired) electrons. The zero-order valence-corrected chi connectivity index (χ0v) is 35.1. The second-order valence-corrected chi connectivity index (χ2v) is 20.1. The van der Waals surface area contributed by atoms with Crippen LogP contribution in [0.15, 0.2) is 225 Å². The fourth-order valence-corrected chi connectivity index (χ4v) is 15.6. The van der Waals surface area contributed by atoms with Crippen LogP contribution in [0.3, 0.4) is 0 Å². The van der Waals surface area contributed by atoms with Crippen molar-refractivity contribution in [3.8, 4) is 45.3 Å². The van der Waals surface area contributed by atoms with Crippen LogP contribution in [-0.2, 0) is 0 Å². The summed E-state index contributed by atoms with van der Waals surface area (Å²) in [6.07, 6.45) is 3.85. The molecule has 0 atom stereocenters. The van der Waals surface area contributed by atoms with Gasteiger partial charge in [-0.1, -0.05) is 170 Å². The highest BCUT2D eigenvalue weighted by atomic mass is 28.3. The van der Waals surface area contributed by atoms with Crippen molar-refractivity contribution in [2.24, 2.45) is 0 Å². The molecule has 0 saturated carbocycles. The molecule has 0 bridgehead atoms. The fraction of sp³-hybridized carbons (Fsp3) is 0. The van der Waals surface area contributed by atoms with Crippen LogP contribution in [0, 0.1) is 0 Å². The lowest BCUT2D eigenvalue weighted by atomic mass is 10.0. The van der Waals surface area contributed by atoms with E-state index in [0.717, 1.165) is 71.8 Å². The van der Waals surface area contributed by atoms with Gasteiger partial charge in [-0.05, 0) is 79.9 Å². The Balaban J connectivity index is 0.981.